The molecule has 1 N–H and O–H groups in total. The minimum Gasteiger partial charge on any atom is -0.323 e. The molecule has 130 valence electrons. The summed E-state index contributed by atoms with van der Waals surface area (Å²) in [6.45, 7) is 0. The summed E-state index contributed by atoms with van der Waals surface area (Å²) in [5.41, 5.74) is 2.08. The van der Waals surface area contributed by atoms with E-state index in [2.05, 4.69) is 20.8 Å². The standard InChI is InChI=1S/C16H10Cl2N6O2/c17-10-4-5-12(13(18)7-10)14-8-15(23-16(19-14)20-21-22-23)9-2-1-3-11(6-9)24(25)26/h1-8,15H,(H,19,20,22)/t15-/m1/s1. The third kappa shape index (κ3) is 2.89. The predicted molar refractivity (Wildman–Crippen MR) is 97.1 cm³/mol. The van der Waals surface area contributed by atoms with Crippen LogP contribution in [0.1, 0.15) is 17.2 Å². The van der Waals surface area contributed by atoms with Gasteiger partial charge in [0.2, 0.25) is 5.95 Å². The first-order chi connectivity index (χ1) is 12.5. The minimum atomic E-state index is -0.439. The van der Waals surface area contributed by atoms with Gasteiger partial charge in [0, 0.05) is 28.4 Å². The largest absolute Gasteiger partial charge is 0.323 e. The summed E-state index contributed by atoms with van der Waals surface area (Å²) in [6, 6.07) is 11.1. The lowest BCUT2D eigenvalue weighted by Crippen LogP contribution is -2.20. The molecular formula is C16H10Cl2N6O2. The molecule has 0 unspecified atom stereocenters. The van der Waals surface area contributed by atoms with Crippen molar-refractivity contribution in [3.8, 4) is 0 Å². The van der Waals surface area contributed by atoms with Crippen LogP contribution in [0.15, 0.2) is 48.5 Å². The maximum atomic E-state index is 11.1. The number of anilines is 1. The first-order valence-corrected chi connectivity index (χ1v) is 8.25. The van der Waals surface area contributed by atoms with Gasteiger partial charge in [0.25, 0.3) is 5.69 Å². The number of nitro groups is 1. The van der Waals surface area contributed by atoms with E-state index in [0.29, 0.717) is 27.3 Å². The number of hydrogen-bond donors (Lipinski definition) is 1. The van der Waals surface area contributed by atoms with Crippen molar-refractivity contribution in [2.24, 2.45) is 0 Å². The summed E-state index contributed by atoms with van der Waals surface area (Å²) >= 11 is 12.3. The predicted octanol–water partition coefficient (Wildman–Crippen LogP) is 3.94. The number of nitrogens with one attached hydrogen (secondary N) is 1. The maximum absolute atomic E-state index is 11.1. The quantitative estimate of drug-likeness (QED) is 0.538. The number of aromatic nitrogens is 4. The molecule has 0 saturated heterocycles. The molecule has 2 aromatic carbocycles. The zero-order chi connectivity index (χ0) is 18.3. The summed E-state index contributed by atoms with van der Waals surface area (Å²) in [4.78, 5) is 10.7. The van der Waals surface area contributed by atoms with Gasteiger partial charge in [-0.15, -0.1) is 0 Å². The third-order valence-corrected chi connectivity index (χ3v) is 4.52. The van der Waals surface area contributed by atoms with E-state index in [1.54, 1.807) is 35.0 Å². The average Bonchev–Trinajstić information content (AvgIpc) is 3.09. The Morgan fingerprint density at radius 3 is 2.81 bits per heavy atom. The van der Waals surface area contributed by atoms with E-state index in [-0.39, 0.29) is 5.69 Å². The number of nitro benzene ring substituents is 1. The fourth-order valence-corrected chi connectivity index (χ4v) is 3.29. The highest BCUT2D eigenvalue weighted by Crippen LogP contribution is 2.35. The zero-order valence-corrected chi connectivity index (χ0v) is 14.5. The van der Waals surface area contributed by atoms with Crippen LogP contribution in [0.25, 0.3) is 5.70 Å². The number of rotatable bonds is 3. The molecule has 4 rings (SSSR count). The van der Waals surface area contributed by atoms with E-state index >= 15 is 0 Å². The van der Waals surface area contributed by atoms with Gasteiger partial charge in [-0.2, -0.15) is 4.68 Å². The molecule has 0 bridgehead atoms. The first-order valence-electron chi connectivity index (χ1n) is 7.49. The number of fused-ring (bicyclic) bond motifs is 1. The molecule has 2 heterocycles. The monoisotopic (exact) mass is 388 g/mol. The number of non-ortho nitro benzene ring substituents is 1. The minimum absolute atomic E-state index is 0.00451. The number of allylic oxidation sites excluding steroid dienone is 1. The lowest BCUT2D eigenvalue weighted by molar-refractivity contribution is -0.384. The molecule has 1 aliphatic heterocycles. The Morgan fingerprint density at radius 2 is 2.04 bits per heavy atom. The lowest BCUT2D eigenvalue weighted by Gasteiger charge is -2.23. The maximum Gasteiger partial charge on any atom is 0.269 e. The smallest absolute Gasteiger partial charge is 0.269 e. The van der Waals surface area contributed by atoms with Gasteiger partial charge < -0.3 is 5.32 Å². The van der Waals surface area contributed by atoms with Crippen molar-refractivity contribution in [2.45, 2.75) is 6.04 Å². The summed E-state index contributed by atoms with van der Waals surface area (Å²) < 4.78 is 1.55. The summed E-state index contributed by atoms with van der Waals surface area (Å²) in [7, 11) is 0. The Labute approximate surface area is 157 Å². The summed E-state index contributed by atoms with van der Waals surface area (Å²) in [5.74, 6) is 0.407. The molecular weight excluding hydrogens is 379 g/mol. The topological polar surface area (TPSA) is 98.8 Å². The fraction of sp³-hybridized carbons (Fsp3) is 0.0625. The number of nitrogens with zero attached hydrogens (tertiary/aromatic N) is 5. The highest BCUT2D eigenvalue weighted by molar-refractivity contribution is 6.35. The zero-order valence-electron chi connectivity index (χ0n) is 13.0. The van der Waals surface area contributed by atoms with Crippen molar-refractivity contribution in [1.82, 2.24) is 20.2 Å². The van der Waals surface area contributed by atoms with Crippen molar-refractivity contribution < 1.29 is 4.92 Å². The average molecular weight is 389 g/mol. The Balaban J connectivity index is 1.84. The van der Waals surface area contributed by atoms with Crippen molar-refractivity contribution in [3.63, 3.8) is 0 Å². The molecule has 0 aliphatic carbocycles. The number of halogens is 2. The molecule has 10 heteroatoms. The van der Waals surface area contributed by atoms with Crippen molar-refractivity contribution >= 4 is 40.5 Å². The van der Waals surface area contributed by atoms with E-state index in [1.165, 1.54) is 12.1 Å². The lowest BCUT2D eigenvalue weighted by atomic mass is 10.0. The van der Waals surface area contributed by atoms with Gasteiger partial charge in [-0.25, -0.2) is 0 Å². The van der Waals surface area contributed by atoms with Crippen molar-refractivity contribution in [1.29, 1.82) is 0 Å². The van der Waals surface area contributed by atoms with Crippen LogP contribution in [0.5, 0.6) is 0 Å². The SMILES string of the molecule is O=[N+]([O-])c1cccc([C@H]2C=C(c3ccc(Cl)cc3Cl)Nc3nnnn32)c1. The van der Waals surface area contributed by atoms with Crippen LogP contribution in [-0.4, -0.2) is 25.1 Å². The van der Waals surface area contributed by atoms with Crippen LogP contribution < -0.4 is 5.32 Å². The number of hydrogen-bond acceptors (Lipinski definition) is 6. The molecule has 0 spiro atoms. The fourth-order valence-electron chi connectivity index (χ4n) is 2.78. The van der Waals surface area contributed by atoms with Gasteiger partial charge in [-0.1, -0.05) is 40.4 Å². The second-order valence-electron chi connectivity index (χ2n) is 5.57. The van der Waals surface area contributed by atoms with Gasteiger partial charge in [-0.05, 0) is 40.3 Å². The Hall–Kier alpha value is -2.97. The molecule has 26 heavy (non-hydrogen) atoms. The van der Waals surface area contributed by atoms with Crippen LogP contribution in [-0.2, 0) is 0 Å². The van der Waals surface area contributed by atoms with E-state index < -0.39 is 11.0 Å². The van der Waals surface area contributed by atoms with Gasteiger partial charge in [0.15, 0.2) is 0 Å². The van der Waals surface area contributed by atoms with E-state index in [4.69, 9.17) is 23.2 Å². The van der Waals surface area contributed by atoms with Gasteiger partial charge in [-0.3, -0.25) is 10.1 Å². The molecule has 1 aromatic heterocycles. The van der Waals surface area contributed by atoms with Crippen LogP contribution in [0.3, 0.4) is 0 Å². The Bertz CT molecular complexity index is 1050. The van der Waals surface area contributed by atoms with E-state index in [9.17, 15) is 10.1 Å². The normalized spacial score (nSPS) is 15.8. The van der Waals surface area contributed by atoms with Crippen LogP contribution in [0.2, 0.25) is 10.0 Å². The molecule has 0 fully saturated rings. The Kier molecular flexibility index (Phi) is 4.06. The summed E-state index contributed by atoms with van der Waals surface area (Å²) in [5, 5.41) is 26.8. The highest BCUT2D eigenvalue weighted by atomic mass is 35.5. The van der Waals surface area contributed by atoms with Crippen LogP contribution in [0.4, 0.5) is 11.6 Å². The van der Waals surface area contributed by atoms with E-state index in [0.717, 1.165) is 5.56 Å². The molecule has 0 saturated carbocycles. The third-order valence-electron chi connectivity index (χ3n) is 3.97. The second kappa shape index (κ2) is 6.40. The molecule has 1 atom stereocenters. The number of tetrazole rings is 1. The molecule has 1 aliphatic rings. The van der Waals surface area contributed by atoms with Crippen LogP contribution >= 0.6 is 23.2 Å². The van der Waals surface area contributed by atoms with E-state index in [1.807, 2.05) is 6.08 Å². The second-order valence-corrected chi connectivity index (χ2v) is 6.42. The molecule has 0 amide bonds. The molecule has 8 nitrogen and oxygen atoms in total. The highest BCUT2D eigenvalue weighted by Gasteiger charge is 2.26. The van der Waals surface area contributed by atoms with Crippen molar-refractivity contribution in [2.75, 3.05) is 5.32 Å². The van der Waals surface area contributed by atoms with Gasteiger partial charge >= 0.3 is 0 Å². The Morgan fingerprint density at radius 1 is 1.19 bits per heavy atom. The summed E-state index contributed by atoms with van der Waals surface area (Å²) in [6.07, 6.45) is 1.86. The van der Waals surface area contributed by atoms with Crippen LogP contribution in [0, 0.1) is 10.1 Å². The number of benzene rings is 2. The van der Waals surface area contributed by atoms with Crippen molar-refractivity contribution in [3.05, 3.63) is 79.8 Å². The first kappa shape index (κ1) is 16.5. The molecule has 3 aromatic rings. The molecule has 0 radical (unpaired) electrons. The van der Waals surface area contributed by atoms with Gasteiger partial charge in [0.1, 0.15) is 6.04 Å². The van der Waals surface area contributed by atoms with Gasteiger partial charge in [0.05, 0.1) is 9.95 Å².